The van der Waals surface area contributed by atoms with Crippen LogP contribution in [0, 0.1) is 17.3 Å². The molecule has 15 nitrogen and oxygen atoms in total. The van der Waals surface area contributed by atoms with Crippen LogP contribution in [0.15, 0.2) is 60.3 Å². The van der Waals surface area contributed by atoms with Gasteiger partial charge in [-0.2, -0.15) is 17.7 Å². The zero-order valence-electron chi connectivity index (χ0n) is 36.5. The first-order valence-electron chi connectivity index (χ1n) is 21.4. The van der Waals surface area contributed by atoms with Gasteiger partial charge in [0.25, 0.3) is 6.01 Å². The Morgan fingerprint density at radius 2 is 1.82 bits per heavy atom. The molecule has 1 saturated carbocycles. The number of aromatic nitrogens is 4. The Morgan fingerprint density at radius 1 is 1.06 bits per heavy atom. The lowest BCUT2D eigenvalue weighted by Crippen LogP contribution is -2.47. The minimum atomic E-state index is -4.14. The number of allylic oxidation sites excluding steroid dienone is 2. The maximum Gasteiger partial charge on any atom is 0.307 e. The Kier molecular flexibility index (Phi) is 13.1. The topological polar surface area (TPSA) is 183 Å². The molecule has 1 aromatic carbocycles. The molecule has 0 radical (unpaired) electrons. The Bertz CT molecular complexity index is 2460. The van der Waals surface area contributed by atoms with Crippen LogP contribution in [0.4, 0.5) is 0 Å². The van der Waals surface area contributed by atoms with Gasteiger partial charge in [-0.25, -0.2) is 9.71 Å². The number of fused-ring (bicyclic) bond motifs is 3. The summed E-state index contributed by atoms with van der Waals surface area (Å²) >= 11 is 1.51. The van der Waals surface area contributed by atoms with Gasteiger partial charge in [0.15, 0.2) is 5.78 Å². The van der Waals surface area contributed by atoms with Gasteiger partial charge >= 0.3 is 16.2 Å². The molecule has 2 fully saturated rings. The highest BCUT2D eigenvalue weighted by Crippen LogP contribution is 2.57. The van der Waals surface area contributed by atoms with Crippen LogP contribution in [-0.4, -0.2) is 99.1 Å². The van der Waals surface area contributed by atoms with Crippen LogP contribution in [0.1, 0.15) is 98.4 Å². The third kappa shape index (κ3) is 9.79. The van der Waals surface area contributed by atoms with Crippen LogP contribution in [0.5, 0.6) is 6.01 Å². The number of nitrogens with zero attached hydrogens (tertiary/aromatic N) is 6. The number of benzene rings is 1. The van der Waals surface area contributed by atoms with Gasteiger partial charge in [-0.05, 0) is 90.5 Å². The summed E-state index contributed by atoms with van der Waals surface area (Å²) in [7, 11) is -1.50. The third-order valence-electron chi connectivity index (χ3n) is 11.9. The predicted octanol–water partition coefficient (Wildman–Crippen LogP) is 6.91. The van der Waals surface area contributed by atoms with Gasteiger partial charge in [-0.3, -0.25) is 28.7 Å². The average Bonchev–Trinajstić information content (AvgIpc) is 3.56. The largest absolute Gasteiger partial charge is 0.460 e. The van der Waals surface area contributed by atoms with Crippen LogP contribution in [0.25, 0.3) is 32.9 Å². The lowest BCUT2D eigenvalue weighted by atomic mass is 9.90. The van der Waals surface area contributed by atoms with Gasteiger partial charge in [0.2, 0.25) is 11.8 Å². The van der Waals surface area contributed by atoms with Gasteiger partial charge in [0.05, 0.1) is 35.6 Å². The van der Waals surface area contributed by atoms with E-state index >= 15 is 0 Å². The van der Waals surface area contributed by atoms with Crippen molar-refractivity contribution in [1.29, 1.82) is 0 Å². The standard InChI is InChI=1S/C45H57N7O8S2/c1-28(2)52-35-17-13-16-33(40-47-34(27-61-40)29-18-20-46-21-19-29)39(35)48-43(52)59-32-23-36-37(53)25-45(42(56)49-62(57,58)50(6)7)24-31(45)15-12-10-8-9-11-14-30(41(55)51(36)26-32)22-38(54)60-44(3,4)5/h12-13,15-21,27-28,30-32,36H,8-11,14,22-26H2,1-7H3,(H,49,56)/b15-12-/t30-,31-,32-,36+,45-/m1/s1. The number of imidazole rings is 1. The fourth-order valence-electron chi connectivity index (χ4n) is 8.57. The normalized spacial score (nSPS) is 24.3. The molecule has 17 heteroatoms. The predicted molar refractivity (Wildman–Crippen MR) is 236 cm³/mol. The molecule has 3 aliphatic rings. The average molecular weight is 888 g/mol. The van der Waals surface area contributed by atoms with Gasteiger partial charge in [0, 0.05) is 67.8 Å². The Labute approximate surface area is 367 Å². The zero-order valence-corrected chi connectivity index (χ0v) is 38.1. The maximum atomic E-state index is 14.8. The van der Waals surface area contributed by atoms with Crippen molar-refractivity contribution in [2.24, 2.45) is 17.3 Å². The molecule has 5 heterocycles. The molecular weight excluding hydrogens is 831 g/mol. The van der Waals surface area contributed by atoms with E-state index in [9.17, 15) is 27.6 Å². The number of carbonyl (C=O) groups excluding carboxylic acids is 4. The summed E-state index contributed by atoms with van der Waals surface area (Å²) in [4.78, 5) is 72.3. The molecule has 0 unspecified atom stereocenters. The molecule has 5 atom stereocenters. The number of rotatable bonds is 10. The van der Waals surface area contributed by atoms with Crippen molar-refractivity contribution in [3.05, 3.63) is 60.3 Å². The molecule has 62 heavy (non-hydrogen) atoms. The van der Waals surface area contributed by atoms with Crippen molar-refractivity contribution < 1.29 is 37.1 Å². The zero-order chi connectivity index (χ0) is 44.6. The van der Waals surface area contributed by atoms with Crippen molar-refractivity contribution in [2.75, 3.05) is 20.6 Å². The summed E-state index contributed by atoms with van der Waals surface area (Å²) in [5.41, 5.74) is 2.07. The second-order valence-corrected chi connectivity index (χ2v) is 20.9. The van der Waals surface area contributed by atoms with Crippen LogP contribution in [-0.2, 0) is 34.1 Å². The lowest BCUT2D eigenvalue weighted by Gasteiger charge is -2.29. The number of esters is 1. The number of Topliss-reactive ketones (excluding diaryl/α,β-unsaturated/α-hetero) is 1. The van der Waals surface area contributed by atoms with E-state index in [4.69, 9.17) is 19.4 Å². The number of carbonyl (C=O) groups is 4. The van der Waals surface area contributed by atoms with Gasteiger partial charge in [-0.1, -0.05) is 31.1 Å². The Hall–Kier alpha value is -5.00. The second-order valence-electron chi connectivity index (χ2n) is 18.2. The van der Waals surface area contributed by atoms with Crippen LogP contribution >= 0.6 is 11.3 Å². The van der Waals surface area contributed by atoms with Gasteiger partial charge < -0.3 is 14.4 Å². The molecule has 0 bridgehead atoms. The number of hydrogen-bond acceptors (Lipinski definition) is 12. The number of ketones is 1. The highest BCUT2D eigenvalue weighted by atomic mass is 32.2. The molecule has 3 aromatic heterocycles. The maximum absolute atomic E-state index is 14.8. The van der Waals surface area contributed by atoms with Crippen molar-refractivity contribution in [2.45, 2.75) is 116 Å². The van der Waals surface area contributed by atoms with Crippen LogP contribution in [0.2, 0.25) is 0 Å². The van der Waals surface area contributed by atoms with Gasteiger partial charge in [-0.15, -0.1) is 11.3 Å². The van der Waals surface area contributed by atoms with Crippen molar-refractivity contribution in [3.63, 3.8) is 0 Å². The highest BCUT2D eigenvalue weighted by molar-refractivity contribution is 7.87. The molecule has 1 N–H and O–H groups in total. The molecule has 1 aliphatic carbocycles. The monoisotopic (exact) mass is 887 g/mol. The lowest BCUT2D eigenvalue weighted by molar-refractivity contribution is -0.159. The summed E-state index contributed by atoms with van der Waals surface area (Å²) in [6, 6.07) is 8.96. The van der Waals surface area contributed by atoms with E-state index in [-0.39, 0.29) is 55.9 Å². The number of ether oxygens (including phenoxy) is 2. The molecule has 0 spiro atoms. The number of pyridine rings is 1. The van der Waals surface area contributed by atoms with Crippen molar-refractivity contribution in [3.8, 4) is 27.8 Å². The number of para-hydroxylation sites is 1. The van der Waals surface area contributed by atoms with E-state index in [2.05, 4.69) is 9.71 Å². The molecule has 2 amide bonds. The highest BCUT2D eigenvalue weighted by Gasteiger charge is 2.61. The first kappa shape index (κ1) is 45.0. The van der Waals surface area contributed by atoms with Crippen LogP contribution in [0.3, 0.4) is 0 Å². The Balaban J connectivity index is 1.23. The molecular formula is C45H57N7O8S2. The fraction of sp³-hybridized carbons (Fsp3) is 0.533. The second kappa shape index (κ2) is 18.0. The summed E-state index contributed by atoms with van der Waals surface area (Å²) in [6.07, 6.45) is 10.1. The van der Waals surface area contributed by atoms with Crippen LogP contribution < -0.4 is 9.46 Å². The summed E-state index contributed by atoms with van der Waals surface area (Å²) in [6.45, 7) is 9.42. The summed E-state index contributed by atoms with van der Waals surface area (Å²) < 4.78 is 43.2. The summed E-state index contributed by atoms with van der Waals surface area (Å²) in [5.74, 6) is -3.10. The fourth-order valence-corrected chi connectivity index (χ4v) is 10.0. The quantitative estimate of drug-likeness (QED) is 0.129. The van der Waals surface area contributed by atoms with E-state index in [1.165, 1.54) is 30.3 Å². The first-order chi connectivity index (χ1) is 29.4. The van der Waals surface area contributed by atoms with E-state index < -0.39 is 51.2 Å². The Morgan fingerprint density at radius 3 is 2.53 bits per heavy atom. The molecule has 2 aliphatic heterocycles. The summed E-state index contributed by atoms with van der Waals surface area (Å²) in [5, 5.41) is 2.78. The SMILES string of the molecule is CC(C)n1c(O[C@@H]2C[C@H]3C(=O)C[C@]4(C(=O)NS(=O)(=O)N(C)C)C[C@H]4/C=C\CCCCC[C@H](CC(=O)OC(C)(C)C)C(=O)N3C2)nc2c(-c3nc(-c4ccncc4)cs3)cccc21. The smallest absolute Gasteiger partial charge is 0.307 e. The molecule has 332 valence electrons. The third-order valence-corrected chi connectivity index (χ3v) is 14.1. The van der Waals surface area contributed by atoms with E-state index in [0.717, 1.165) is 50.9 Å². The van der Waals surface area contributed by atoms with E-state index in [1.54, 1.807) is 33.2 Å². The number of nitrogens with one attached hydrogen (secondary N) is 1. The van der Waals surface area contributed by atoms with Gasteiger partial charge in [0.1, 0.15) is 22.2 Å². The number of thiazole rings is 1. The minimum absolute atomic E-state index is 0.0352. The number of amides is 2. The van der Waals surface area contributed by atoms with E-state index in [0.29, 0.717) is 24.4 Å². The number of hydrogen-bond donors (Lipinski definition) is 1. The molecule has 1 saturated heterocycles. The molecule has 7 rings (SSSR count). The van der Waals surface area contributed by atoms with E-state index in [1.807, 2.05) is 66.3 Å². The minimum Gasteiger partial charge on any atom is -0.460 e. The molecule has 4 aromatic rings. The van der Waals surface area contributed by atoms with Crippen molar-refractivity contribution >= 4 is 56.1 Å². The van der Waals surface area contributed by atoms with Crippen molar-refractivity contribution in [1.82, 2.24) is 33.4 Å². The first-order valence-corrected chi connectivity index (χ1v) is 23.7.